The largest absolute Gasteiger partial charge is 0.451 e. The third-order valence-corrected chi connectivity index (χ3v) is 4.87. The van der Waals surface area contributed by atoms with Crippen LogP contribution in [0.15, 0.2) is 59.0 Å². The SMILES string of the molecule is Cc1ccc(-c2ccc(C(=O)NC(=S)Nc3ccc(I)cc3)o2)cc1C. The van der Waals surface area contributed by atoms with Gasteiger partial charge in [-0.05, 0) is 102 Å². The van der Waals surface area contributed by atoms with Crippen molar-refractivity contribution in [3.05, 3.63) is 75.1 Å². The second-order valence-corrected chi connectivity index (χ2v) is 7.53. The second-order valence-electron chi connectivity index (χ2n) is 5.88. The zero-order chi connectivity index (χ0) is 18.7. The molecule has 0 aliphatic carbocycles. The van der Waals surface area contributed by atoms with Gasteiger partial charge >= 0.3 is 0 Å². The van der Waals surface area contributed by atoms with Crippen LogP contribution in [0.1, 0.15) is 21.7 Å². The highest BCUT2D eigenvalue weighted by Gasteiger charge is 2.14. The number of amides is 1. The van der Waals surface area contributed by atoms with Crippen molar-refractivity contribution in [2.45, 2.75) is 13.8 Å². The van der Waals surface area contributed by atoms with Crippen LogP contribution < -0.4 is 10.6 Å². The molecule has 0 saturated carbocycles. The molecule has 0 spiro atoms. The summed E-state index contributed by atoms with van der Waals surface area (Å²) in [5.74, 6) is 0.475. The Labute approximate surface area is 171 Å². The molecule has 3 rings (SSSR count). The van der Waals surface area contributed by atoms with Crippen molar-refractivity contribution in [3.63, 3.8) is 0 Å². The Hall–Kier alpha value is -2.19. The Morgan fingerprint density at radius 1 is 1.00 bits per heavy atom. The number of hydrogen-bond donors (Lipinski definition) is 2. The van der Waals surface area contributed by atoms with Crippen molar-refractivity contribution in [2.75, 3.05) is 5.32 Å². The quantitative estimate of drug-likeness (QED) is 0.398. The minimum absolute atomic E-state index is 0.213. The maximum Gasteiger partial charge on any atom is 0.293 e. The summed E-state index contributed by atoms with van der Waals surface area (Å²) < 4.78 is 6.82. The van der Waals surface area contributed by atoms with Crippen LogP contribution in [0.3, 0.4) is 0 Å². The fourth-order valence-corrected chi connectivity index (χ4v) is 2.94. The van der Waals surface area contributed by atoms with E-state index in [0.717, 1.165) is 14.8 Å². The van der Waals surface area contributed by atoms with E-state index in [-0.39, 0.29) is 16.8 Å². The van der Waals surface area contributed by atoms with Gasteiger partial charge in [0.05, 0.1) is 0 Å². The topological polar surface area (TPSA) is 54.3 Å². The van der Waals surface area contributed by atoms with E-state index >= 15 is 0 Å². The van der Waals surface area contributed by atoms with Crippen LogP contribution in [0.5, 0.6) is 0 Å². The third kappa shape index (κ3) is 4.50. The predicted molar refractivity (Wildman–Crippen MR) is 116 cm³/mol. The first-order valence-corrected chi connectivity index (χ1v) is 9.46. The number of halogens is 1. The van der Waals surface area contributed by atoms with Gasteiger partial charge in [-0.1, -0.05) is 12.1 Å². The van der Waals surface area contributed by atoms with E-state index in [4.69, 9.17) is 16.6 Å². The summed E-state index contributed by atoms with van der Waals surface area (Å²) in [5, 5.41) is 5.83. The lowest BCUT2D eigenvalue weighted by Gasteiger charge is -2.08. The maximum absolute atomic E-state index is 12.3. The summed E-state index contributed by atoms with van der Waals surface area (Å²) in [4.78, 5) is 12.3. The maximum atomic E-state index is 12.3. The van der Waals surface area contributed by atoms with Crippen molar-refractivity contribution in [1.29, 1.82) is 0 Å². The number of furan rings is 1. The molecule has 1 heterocycles. The molecule has 0 fully saturated rings. The van der Waals surface area contributed by atoms with Crippen LogP contribution in [0.25, 0.3) is 11.3 Å². The fraction of sp³-hybridized carbons (Fsp3) is 0.100. The highest BCUT2D eigenvalue weighted by Crippen LogP contribution is 2.24. The lowest BCUT2D eigenvalue weighted by Crippen LogP contribution is -2.33. The van der Waals surface area contributed by atoms with E-state index in [1.54, 1.807) is 12.1 Å². The lowest BCUT2D eigenvalue weighted by molar-refractivity contribution is 0.0951. The van der Waals surface area contributed by atoms with Gasteiger partial charge in [0.15, 0.2) is 10.9 Å². The lowest BCUT2D eigenvalue weighted by atomic mass is 10.1. The van der Waals surface area contributed by atoms with Gasteiger partial charge in [0.25, 0.3) is 5.91 Å². The summed E-state index contributed by atoms with van der Waals surface area (Å²) in [7, 11) is 0. The van der Waals surface area contributed by atoms with E-state index in [9.17, 15) is 4.79 Å². The molecule has 26 heavy (non-hydrogen) atoms. The average molecular weight is 476 g/mol. The first kappa shape index (κ1) is 18.6. The monoisotopic (exact) mass is 476 g/mol. The Balaban J connectivity index is 1.66. The minimum atomic E-state index is -0.386. The first-order valence-electron chi connectivity index (χ1n) is 7.98. The summed E-state index contributed by atoms with van der Waals surface area (Å²) in [6.07, 6.45) is 0. The molecule has 4 nitrogen and oxygen atoms in total. The van der Waals surface area contributed by atoms with Crippen LogP contribution in [0.4, 0.5) is 5.69 Å². The van der Waals surface area contributed by atoms with Crippen LogP contribution in [-0.4, -0.2) is 11.0 Å². The number of thiocarbonyl (C=S) groups is 1. The Morgan fingerprint density at radius 2 is 1.73 bits per heavy atom. The second kappa shape index (κ2) is 8.01. The molecule has 0 bridgehead atoms. The summed E-state index contributed by atoms with van der Waals surface area (Å²) >= 11 is 7.42. The van der Waals surface area contributed by atoms with E-state index in [0.29, 0.717) is 5.76 Å². The fourth-order valence-electron chi connectivity index (χ4n) is 2.37. The normalized spacial score (nSPS) is 10.4. The van der Waals surface area contributed by atoms with E-state index in [2.05, 4.69) is 40.1 Å². The van der Waals surface area contributed by atoms with E-state index in [1.165, 1.54) is 11.1 Å². The number of anilines is 1. The highest BCUT2D eigenvalue weighted by molar-refractivity contribution is 14.1. The van der Waals surface area contributed by atoms with E-state index in [1.807, 2.05) is 49.4 Å². The van der Waals surface area contributed by atoms with E-state index < -0.39 is 0 Å². The molecule has 0 atom stereocenters. The molecule has 0 radical (unpaired) electrons. The summed E-state index contributed by atoms with van der Waals surface area (Å²) in [5.41, 5.74) is 4.14. The molecular weight excluding hydrogens is 459 g/mol. The molecular formula is C20H17IN2O2S. The average Bonchev–Trinajstić information content (AvgIpc) is 3.09. The Bertz CT molecular complexity index is 964. The molecule has 0 aliphatic heterocycles. The van der Waals surface area contributed by atoms with Gasteiger partial charge in [-0.25, -0.2) is 0 Å². The van der Waals surface area contributed by atoms with Crippen molar-refractivity contribution in [3.8, 4) is 11.3 Å². The highest BCUT2D eigenvalue weighted by atomic mass is 127. The molecule has 2 N–H and O–H groups in total. The first-order chi connectivity index (χ1) is 12.4. The van der Waals surface area contributed by atoms with Gasteiger partial charge in [0, 0.05) is 14.8 Å². The molecule has 6 heteroatoms. The number of rotatable bonds is 3. The molecule has 1 aromatic heterocycles. The van der Waals surface area contributed by atoms with Gasteiger partial charge in [0.1, 0.15) is 5.76 Å². The standard InChI is InChI=1S/C20H17IN2O2S/c1-12-3-4-14(11-13(12)2)17-9-10-18(25-17)19(24)23-20(26)22-16-7-5-15(21)6-8-16/h3-11H,1-2H3,(H2,22,23,24,26). The zero-order valence-corrected chi connectivity index (χ0v) is 17.3. The number of benzene rings is 2. The third-order valence-electron chi connectivity index (χ3n) is 3.95. The molecule has 132 valence electrons. The number of nitrogens with one attached hydrogen (secondary N) is 2. The van der Waals surface area contributed by atoms with Crippen molar-refractivity contribution in [2.24, 2.45) is 0 Å². The predicted octanol–water partition coefficient (Wildman–Crippen LogP) is 5.29. The van der Waals surface area contributed by atoms with Crippen LogP contribution in [0, 0.1) is 17.4 Å². The van der Waals surface area contributed by atoms with Crippen LogP contribution >= 0.6 is 34.8 Å². The van der Waals surface area contributed by atoms with Gasteiger partial charge in [-0.15, -0.1) is 0 Å². The summed E-state index contributed by atoms with van der Waals surface area (Å²) in [6.45, 7) is 4.10. The molecule has 2 aromatic carbocycles. The van der Waals surface area contributed by atoms with Crippen LogP contribution in [-0.2, 0) is 0 Å². The van der Waals surface area contributed by atoms with Gasteiger partial charge < -0.3 is 9.73 Å². The molecule has 0 saturated heterocycles. The van der Waals surface area contributed by atoms with Crippen LogP contribution in [0.2, 0.25) is 0 Å². The van der Waals surface area contributed by atoms with Crippen molar-refractivity contribution in [1.82, 2.24) is 5.32 Å². The van der Waals surface area contributed by atoms with Crippen molar-refractivity contribution >= 4 is 51.5 Å². The Morgan fingerprint density at radius 3 is 2.42 bits per heavy atom. The van der Waals surface area contributed by atoms with Gasteiger partial charge in [-0.3, -0.25) is 10.1 Å². The minimum Gasteiger partial charge on any atom is -0.451 e. The number of carbonyl (C=O) groups is 1. The number of carbonyl (C=O) groups excluding carboxylic acids is 1. The number of hydrogen-bond acceptors (Lipinski definition) is 3. The molecule has 0 aliphatic rings. The molecule has 3 aromatic rings. The Kier molecular flexibility index (Phi) is 5.73. The number of aryl methyl sites for hydroxylation is 2. The molecule has 0 unspecified atom stereocenters. The summed E-state index contributed by atoms with van der Waals surface area (Å²) in [6, 6.07) is 17.2. The van der Waals surface area contributed by atoms with Gasteiger partial charge in [-0.2, -0.15) is 0 Å². The van der Waals surface area contributed by atoms with Crippen molar-refractivity contribution < 1.29 is 9.21 Å². The molecule has 1 amide bonds. The zero-order valence-electron chi connectivity index (χ0n) is 14.3. The smallest absolute Gasteiger partial charge is 0.293 e. The van der Waals surface area contributed by atoms with Gasteiger partial charge in [0.2, 0.25) is 0 Å².